The fourth-order valence-electron chi connectivity index (χ4n) is 2.61. The minimum absolute atomic E-state index is 0.134. The fraction of sp³-hybridized carbons (Fsp3) is 0.444. The monoisotopic (exact) mass is 471 g/mol. The molecule has 1 amide bonds. The number of rotatable bonds is 10. The topological polar surface area (TPSA) is 87.5 Å². The number of carbonyl (C=O) groups is 1. The summed E-state index contributed by atoms with van der Waals surface area (Å²) in [6, 6.07) is 6.28. The minimum atomic E-state index is -3.74. The molecule has 1 aromatic carbocycles. The van der Waals surface area contributed by atoms with E-state index in [4.69, 9.17) is 0 Å². The van der Waals surface area contributed by atoms with Crippen molar-refractivity contribution in [1.82, 2.24) is 19.0 Å². The number of hydrogen-bond acceptors (Lipinski definition) is 5. The Morgan fingerprint density at radius 2 is 1.86 bits per heavy atom. The Bertz CT molecular complexity index is 879. The second-order valence-corrected chi connectivity index (χ2v) is 9.24. The lowest BCUT2D eigenvalue weighted by Gasteiger charge is -2.17. The van der Waals surface area contributed by atoms with E-state index >= 15 is 0 Å². The van der Waals surface area contributed by atoms with Crippen LogP contribution in [0.5, 0.6) is 0 Å². The molecule has 0 aliphatic carbocycles. The number of sulfonamides is 1. The first-order chi connectivity index (χ1) is 13.3. The predicted octanol–water partition coefficient (Wildman–Crippen LogP) is 2.25. The third kappa shape index (κ3) is 6.13. The van der Waals surface area contributed by atoms with Gasteiger partial charge in [-0.15, -0.1) is 0 Å². The normalized spacial score (nSPS) is 11.9. The van der Waals surface area contributed by atoms with Gasteiger partial charge in [0, 0.05) is 24.3 Å². The molecule has 154 valence electrons. The summed E-state index contributed by atoms with van der Waals surface area (Å²) < 4.78 is 28.7. The van der Waals surface area contributed by atoms with Gasteiger partial charge in [-0.1, -0.05) is 29.8 Å². The van der Waals surface area contributed by atoms with Crippen molar-refractivity contribution in [3.8, 4) is 0 Å². The SMILES string of the molecule is CCN(CC)CCn1cc(NC(=O)CN(C)S(=O)(=O)c2ccc(Br)cc2)cn1. The van der Waals surface area contributed by atoms with E-state index in [2.05, 4.69) is 45.1 Å². The zero-order chi connectivity index (χ0) is 20.7. The van der Waals surface area contributed by atoms with Crippen LogP contribution in [0.4, 0.5) is 5.69 Å². The Balaban J connectivity index is 1.92. The number of benzene rings is 1. The highest BCUT2D eigenvalue weighted by molar-refractivity contribution is 9.10. The number of halogens is 1. The molecule has 0 unspecified atom stereocenters. The third-order valence-corrected chi connectivity index (χ3v) is 6.69. The van der Waals surface area contributed by atoms with E-state index < -0.39 is 15.9 Å². The van der Waals surface area contributed by atoms with Crippen molar-refractivity contribution in [3.05, 3.63) is 41.1 Å². The lowest BCUT2D eigenvalue weighted by molar-refractivity contribution is -0.116. The molecule has 0 radical (unpaired) electrons. The van der Waals surface area contributed by atoms with E-state index in [9.17, 15) is 13.2 Å². The minimum Gasteiger partial charge on any atom is -0.322 e. The Hall–Kier alpha value is -1.75. The van der Waals surface area contributed by atoms with Gasteiger partial charge in [-0.05, 0) is 37.4 Å². The summed E-state index contributed by atoms with van der Waals surface area (Å²) in [5.41, 5.74) is 0.541. The van der Waals surface area contributed by atoms with Gasteiger partial charge >= 0.3 is 0 Å². The van der Waals surface area contributed by atoms with Crippen LogP contribution in [-0.2, 0) is 21.4 Å². The number of likely N-dealkylation sites (N-methyl/N-ethyl adjacent to an activating group) is 2. The van der Waals surface area contributed by atoms with Crippen molar-refractivity contribution in [1.29, 1.82) is 0 Å². The highest BCUT2D eigenvalue weighted by atomic mass is 79.9. The number of nitrogens with zero attached hydrogens (tertiary/aromatic N) is 4. The number of aromatic nitrogens is 2. The molecule has 0 atom stereocenters. The summed E-state index contributed by atoms with van der Waals surface area (Å²) >= 11 is 3.27. The van der Waals surface area contributed by atoms with Crippen LogP contribution in [0, 0.1) is 0 Å². The summed E-state index contributed by atoms with van der Waals surface area (Å²) in [7, 11) is -2.36. The molecule has 28 heavy (non-hydrogen) atoms. The van der Waals surface area contributed by atoms with E-state index in [0.717, 1.165) is 35.0 Å². The first-order valence-electron chi connectivity index (χ1n) is 9.02. The number of carbonyl (C=O) groups excluding carboxylic acids is 1. The van der Waals surface area contributed by atoms with Crippen LogP contribution in [0.2, 0.25) is 0 Å². The van der Waals surface area contributed by atoms with Gasteiger partial charge in [0.1, 0.15) is 0 Å². The van der Waals surface area contributed by atoms with Crippen LogP contribution in [-0.4, -0.2) is 66.5 Å². The van der Waals surface area contributed by atoms with E-state index in [1.165, 1.54) is 19.2 Å². The van der Waals surface area contributed by atoms with Crippen molar-refractivity contribution < 1.29 is 13.2 Å². The van der Waals surface area contributed by atoms with Crippen molar-refractivity contribution in [3.63, 3.8) is 0 Å². The van der Waals surface area contributed by atoms with Crippen LogP contribution in [0.25, 0.3) is 0 Å². The predicted molar refractivity (Wildman–Crippen MR) is 113 cm³/mol. The lowest BCUT2D eigenvalue weighted by atomic mass is 10.4. The fourth-order valence-corrected chi connectivity index (χ4v) is 4.00. The molecule has 0 aliphatic heterocycles. The first-order valence-corrected chi connectivity index (χ1v) is 11.3. The number of amides is 1. The van der Waals surface area contributed by atoms with Crippen molar-refractivity contribution in [2.75, 3.05) is 38.5 Å². The summed E-state index contributed by atoms with van der Waals surface area (Å²) in [6.07, 6.45) is 3.30. The van der Waals surface area contributed by atoms with Crippen molar-refractivity contribution in [2.24, 2.45) is 0 Å². The molecule has 0 aliphatic rings. The second kappa shape index (κ2) is 10.1. The standard InChI is InChI=1S/C18H26BrN5O3S/c1-4-23(5-2)10-11-24-13-16(12-20-24)21-18(25)14-22(3)28(26,27)17-8-6-15(19)7-9-17/h6-9,12-13H,4-5,10-11,14H2,1-3H3,(H,21,25). The lowest BCUT2D eigenvalue weighted by Crippen LogP contribution is -2.34. The van der Waals surface area contributed by atoms with Crippen LogP contribution in [0.3, 0.4) is 0 Å². The van der Waals surface area contributed by atoms with Gasteiger partial charge in [-0.2, -0.15) is 9.40 Å². The Labute approximate surface area is 174 Å². The van der Waals surface area contributed by atoms with Crippen LogP contribution in [0.15, 0.2) is 46.0 Å². The van der Waals surface area contributed by atoms with Gasteiger partial charge in [-0.25, -0.2) is 8.42 Å². The zero-order valence-corrected chi connectivity index (χ0v) is 18.7. The van der Waals surface area contributed by atoms with Gasteiger partial charge in [0.25, 0.3) is 0 Å². The van der Waals surface area contributed by atoms with E-state index in [1.807, 2.05) is 0 Å². The molecular weight excluding hydrogens is 446 g/mol. The smallest absolute Gasteiger partial charge is 0.243 e. The third-order valence-electron chi connectivity index (χ3n) is 4.34. The highest BCUT2D eigenvalue weighted by Crippen LogP contribution is 2.18. The van der Waals surface area contributed by atoms with Crippen LogP contribution >= 0.6 is 15.9 Å². The second-order valence-electron chi connectivity index (χ2n) is 6.28. The molecular formula is C18H26BrN5O3S. The quantitative estimate of drug-likeness (QED) is 0.573. The molecule has 2 aromatic rings. The van der Waals surface area contributed by atoms with Gasteiger partial charge in [0.05, 0.1) is 29.9 Å². The van der Waals surface area contributed by atoms with Gasteiger partial charge in [-0.3, -0.25) is 9.48 Å². The largest absolute Gasteiger partial charge is 0.322 e. The van der Waals surface area contributed by atoms with Crippen LogP contribution in [0.1, 0.15) is 13.8 Å². The molecule has 0 saturated heterocycles. The molecule has 1 aromatic heterocycles. The maximum absolute atomic E-state index is 12.6. The zero-order valence-electron chi connectivity index (χ0n) is 16.3. The summed E-state index contributed by atoms with van der Waals surface area (Å²) in [5, 5.41) is 6.92. The van der Waals surface area contributed by atoms with E-state index in [1.54, 1.807) is 29.2 Å². The first kappa shape index (κ1) is 22.5. The van der Waals surface area contributed by atoms with Gasteiger partial charge in [0.2, 0.25) is 15.9 Å². The van der Waals surface area contributed by atoms with E-state index in [-0.39, 0.29) is 11.4 Å². The van der Waals surface area contributed by atoms with Crippen molar-refractivity contribution in [2.45, 2.75) is 25.3 Å². The summed E-state index contributed by atoms with van der Waals surface area (Å²) in [4.78, 5) is 14.7. The molecule has 8 nitrogen and oxygen atoms in total. The maximum atomic E-state index is 12.6. The molecule has 1 heterocycles. The number of nitrogens with one attached hydrogen (secondary N) is 1. The number of anilines is 1. The van der Waals surface area contributed by atoms with Crippen LogP contribution < -0.4 is 5.32 Å². The molecule has 0 spiro atoms. The van der Waals surface area contributed by atoms with Crippen molar-refractivity contribution >= 4 is 37.5 Å². The summed E-state index contributed by atoms with van der Waals surface area (Å²) in [6.45, 7) is 7.46. The number of hydrogen-bond donors (Lipinski definition) is 1. The highest BCUT2D eigenvalue weighted by Gasteiger charge is 2.23. The molecule has 1 N–H and O–H groups in total. The molecule has 0 fully saturated rings. The van der Waals surface area contributed by atoms with Gasteiger partial charge < -0.3 is 10.2 Å². The Morgan fingerprint density at radius 1 is 1.21 bits per heavy atom. The van der Waals surface area contributed by atoms with Gasteiger partial charge in [0.15, 0.2) is 0 Å². The van der Waals surface area contributed by atoms with E-state index in [0.29, 0.717) is 5.69 Å². The molecule has 0 bridgehead atoms. The molecule has 0 saturated carbocycles. The average Bonchev–Trinajstić information content (AvgIpc) is 3.10. The Morgan fingerprint density at radius 3 is 2.46 bits per heavy atom. The molecule has 10 heteroatoms. The summed E-state index contributed by atoms with van der Waals surface area (Å²) in [5.74, 6) is -0.425. The Kier molecular flexibility index (Phi) is 8.17. The molecule has 2 rings (SSSR count). The average molecular weight is 472 g/mol. The maximum Gasteiger partial charge on any atom is 0.243 e.